The van der Waals surface area contributed by atoms with Crippen molar-refractivity contribution in [2.75, 3.05) is 37.9 Å². The van der Waals surface area contributed by atoms with Crippen LogP contribution in [0.3, 0.4) is 0 Å². The molecule has 35 heavy (non-hydrogen) atoms. The van der Waals surface area contributed by atoms with E-state index in [-0.39, 0.29) is 24.3 Å². The second kappa shape index (κ2) is 12.0. The SMILES string of the molecule is COC(=O)Nc1ccc2c(c1)NC(=O)C(C)CCCC(C(=O)N(C)CCCOC=O)c1ncc-2o1. The van der Waals surface area contributed by atoms with Gasteiger partial charge in [-0.1, -0.05) is 13.3 Å². The van der Waals surface area contributed by atoms with Gasteiger partial charge in [-0.05, 0) is 37.5 Å². The van der Waals surface area contributed by atoms with Crippen LogP contribution in [0.25, 0.3) is 11.3 Å². The third kappa shape index (κ3) is 6.58. The maximum Gasteiger partial charge on any atom is 0.411 e. The maximum absolute atomic E-state index is 13.2. The monoisotopic (exact) mass is 486 g/mol. The number of ether oxygens (including phenoxy) is 2. The molecule has 0 fully saturated rings. The average Bonchev–Trinajstić information content (AvgIpc) is 3.33. The molecule has 3 rings (SSSR count). The summed E-state index contributed by atoms with van der Waals surface area (Å²) in [5.74, 6) is -0.577. The van der Waals surface area contributed by atoms with Crippen LogP contribution in [-0.2, 0) is 23.9 Å². The van der Waals surface area contributed by atoms with Crippen molar-refractivity contribution in [3.05, 3.63) is 30.3 Å². The van der Waals surface area contributed by atoms with E-state index in [2.05, 4.69) is 20.4 Å². The first-order valence-corrected chi connectivity index (χ1v) is 11.4. The summed E-state index contributed by atoms with van der Waals surface area (Å²) in [5, 5.41) is 5.49. The Kier molecular flexibility index (Phi) is 8.82. The number of carbonyl (C=O) groups is 4. The highest BCUT2D eigenvalue weighted by atomic mass is 16.5. The Morgan fingerprint density at radius 2 is 2.14 bits per heavy atom. The molecule has 3 amide bonds. The minimum atomic E-state index is -0.636. The average molecular weight is 487 g/mol. The Hall–Kier alpha value is -3.89. The highest BCUT2D eigenvalue weighted by Gasteiger charge is 2.30. The van der Waals surface area contributed by atoms with E-state index in [1.54, 1.807) is 30.1 Å². The number of amides is 3. The van der Waals surface area contributed by atoms with Crippen molar-refractivity contribution >= 4 is 35.8 Å². The maximum atomic E-state index is 13.2. The number of aromatic nitrogens is 1. The van der Waals surface area contributed by atoms with Crippen LogP contribution in [0.1, 0.15) is 44.4 Å². The summed E-state index contributed by atoms with van der Waals surface area (Å²) in [6.07, 6.45) is 3.05. The molecule has 2 heterocycles. The van der Waals surface area contributed by atoms with Crippen LogP contribution in [0.2, 0.25) is 0 Å². The van der Waals surface area contributed by atoms with Gasteiger partial charge in [-0.3, -0.25) is 19.7 Å². The number of hydrogen-bond donors (Lipinski definition) is 2. The molecule has 0 saturated carbocycles. The molecule has 11 heteroatoms. The van der Waals surface area contributed by atoms with Crippen LogP contribution in [0.4, 0.5) is 16.2 Å². The molecule has 1 aliphatic heterocycles. The summed E-state index contributed by atoms with van der Waals surface area (Å²) in [4.78, 5) is 54.0. The number of rotatable bonds is 7. The lowest BCUT2D eigenvalue weighted by molar-refractivity contribution is -0.132. The molecule has 2 atom stereocenters. The van der Waals surface area contributed by atoms with Gasteiger partial charge >= 0.3 is 6.09 Å². The number of carbonyl (C=O) groups excluding carboxylic acids is 4. The number of likely N-dealkylation sites (N-methyl/N-ethyl adjacent to an activating group) is 1. The molecule has 0 saturated heterocycles. The lowest BCUT2D eigenvalue weighted by Crippen LogP contribution is -2.33. The predicted octanol–water partition coefficient (Wildman–Crippen LogP) is 3.38. The van der Waals surface area contributed by atoms with Crippen LogP contribution in [0.15, 0.2) is 28.8 Å². The fraction of sp³-hybridized carbons (Fsp3) is 0.458. The number of anilines is 2. The highest BCUT2D eigenvalue weighted by molar-refractivity contribution is 5.98. The van der Waals surface area contributed by atoms with Gasteiger partial charge in [0.2, 0.25) is 17.7 Å². The Labute approximate surface area is 203 Å². The van der Waals surface area contributed by atoms with E-state index < -0.39 is 12.0 Å². The molecule has 1 aromatic carbocycles. The zero-order chi connectivity index (χ0) is 25.4. The second-order valence-corrected chi connectivity index (χ2v) is 8.39. The molecule has 11 nitrogen and oxygen atoms in total. The molecule has 2 aromatic rings. The van der Waals surface area contributed by atoms with Gasteiger partial charge < -0.3 is 24.1 Å². The van der Waals surface area contributed by atoms with E-state index in [0.29, 0.717) is 67.3 Å². The van der Waals surface area contributed by atoms with Gasteiger partial charge in [-0.2, -0.15) is 0 Å². The molecule has 1 aromatic heterocycles. The molecule has 2 N–H and O–H groups in total. The topological polar surface area (TPSA) is 140 Å². The molecule has 188 valence electrons. The second-order valence-electron chi connectivity index (χ2n) is 8.39. The van der Waals surface area contributed by atoms with Crippen molar-refractivity contribution in [2.45, 2.75) is 38.5 Å². The van der Waals surface area contributed by atoms with E-state index in [1.807, 2.05) is 6.92 Å². The number of nitrogens with one attached hydrogen (secondary N) is 2. The van der Waals surface area contributed by atoms with E-state index >= 15 is 0 Å². The minimum absolute atomic E-state index is 0.156. The van der Waals surface area contributed by atoms with Gasteiger partial charge in [0.05, 0.1) is 25.6 Å². The number of hydrogen-bond acceptors (Lipinski definition) is 8. The molecule has 2 unspecified atom stereocenters. The van der Waals surface area contributed by atoms with Gasteiger partial charge in [0.1, 0.15) is 5.92 Å². The smallest absolute Gasteiger partial charge is 0.411 e. The third-order valence-electron chi connectivity index (χ3n) is 5.87. The number of benzene rings is 1. The van der Waals surface area contributed by atoms with Crippen LogP contribution in [-0.4, -0.2) is 61.6 Å². The van der Waals surface area contributed by atoms with Gasteiger partial charge in [0.15, 0.2) is 5.76 Å². The minimum Gasteiger partial charge on any atom is -0.468 e. The largest absolute Gasteiger partial charge is 0.468 e. The van der Waals surface area contributed by atoms with E-state index in [9.17, 15) is 19.2 Å². The fourth-order valence-electron chi connectivity index (χ4n) is 3.86. The Balaban J connectivity index is 1.92. The molecule has 0 radical (unpaired) electrons. The first kappa shape index (κ1) is 25.7. The Morgan fingerprint density at radius 1 is 1.34 bits per heavy atom. The molecular weight excluding hydrogens is 456 g/mol. The van der Waals surface area contributed by atoms with Crippen molar-refractivity contribution in [1.29, 1.82) is 0 Å². The Morgan fingerprint density at radius 3 is 2.89 bits per heavy atom. The first-order chi connectivity index (χ1) is 16.8. The van der Waals surface area contributed by atoms with Gasteiger partial charge in [-0.15, -0.1) is 0 Å². The van der Waals surface area contributed by atoms with Crippen molar-refractivity contribution in [3.63, 3.8) is 0 Å². The van der Waals surface area contributed by atoms with Crippen LogP contribution >= 0.6 is 0 Å². The lowest BCUT2D eigenvalue weighted by Gasteiger charge is -2.23. The van der Waals surface area contributed by atoms with Crippen molar-refractivity contribution < 1.29 is 33.1 Å². The standard InChI is InChI=1S/C24H30N4O7/c1-15-6-4-7-18(23(31)28(2)10-5-11-34-14-29)22-25-13-20(35-22)17-9-8-16(26-24(32)33-3)12-19(17)27-21(15)30/h8-9,12-15,18H,4-7,10-11H2,1-3H3,(H,26,32)(H,27,30). The van der Waals surface area contributed by atoms with Gasteiger partial charge in [0.25, 0.3) is 6.47 Å². The van der Waals surface area contributed by atoms with Crippen molar-refractivity contribution in [1.82, 2.24) is 9.88 Å². The summed E-state index contributed by atoms with van der Waals surface area (Å²) in [6, 6.07) is 4.96. The number of nitrogens with zero attached hydrogens (tertiary/aromatic N) is 2. The normalized spacial score (nSPS) is 17.6. The van der Waals surface area contributed by atoms with E-state index in [1.165, 1.54) is 13.3 Å². The summed E-state index contributed by atoms with van der Waals surface area (Å²) in [5.41, 5.74) is 1.43. The van der Waals surface area contributed by atoms with Gasteiger partial charge in [-0.25, -0.2) is 9.78 Å². The van der Waals surface area contributed by atoms with E-state index in [4.69, 9.17) is 9.15 Å². The van der Waals surface area contributed by atoms with E-state index in [0.717, 1.165) is 0 Å². The molecule has 0 aliphatic carbocycles. The lowest BCUT2D eigenvalue weighted by atomic mass is 9.95. The summed E-state index contributed by atoms with van der Waals surface area (Å²) in [6.45, 7) is 2.85. The zero-order valence-corrected chi connectivity index (χ0v) is 20.0. The predicted molar refractivity (Wildman–Crippen MR) is 127 cm³/mol. The summed E-state index contributed by atoms with van der Waals surface area (Å²) < 4.78 is 15.4. The summed E-state index contributed by atoms with van der Waals surface area (Å²) in [7, 11) is 2.95. The summed E-state index contributed by atoms with van der Waals surface area (Å²) >= 11 is 0. The van der Waals surface area contributed by atoms with Crippen molar-refractivity contribution in [3.8, 4) is 11.3 Å². The number of methoxy groups -OCH3 is 1. The first-order valence-electron chi connectivity index (χ1n) is 11.4. The van der Waals surface area contributed by atoms with Crippen molar-refractivity contribution in [2.24, 2.45) is 5.92 Å². The third-order valence-corrected chi connectivity index (χ3v) is 5.87. The molecule has 0 spiro atoms. The number of fused-ring (bicyclic) bond motifs is 4. The quantitative estimate of drug-likeness (QED) is 0.448. The van der Waals surface area contributed by atoms with Gasteiger partial charge in [0, 0.05) is 30.8 Å². The molecule has 2 bridgehead atoms. The Bertz CT molecular complexity index is 1070. The zero-order valence-electron chi connectivity index (χ0n) is 20.0. The molecule has 1 aliphatic rings. The molecular formula is C24H30N4O7. The fourth-order valence-corrected chi connectivity index (χ4v) is 3.86. The number of oxazole rings is 1. The van der Waals surface area contributed by atoms with Crippen LogP contribution in [0.5, 0.6) is 0 Å². The van der Waals surface area contributed by atoms with Crippen LogP contribution < -0.4 is 10.6 Å². The highest BCUT2D eigenvalue weighted by Crippen LogP contribution is 2.35. The van der Waals surface area contributed by atoms with Crippen LogP contribution in [0, 0.1) is 5.92 Å².